The number of aromatic nitrogens is 2. The van der Waals surface area contributed by atoms with Crippen molar-refractivity contribution >= 4 is 12.0 Å². The summed E-state index contributed by atoms with van der Waals surface area (Å²) in [5.74, 6) is -0.419. The molecule has 0 spiro atoms. The van der Waals surface area contributed by atoms with Crippen LogP contribution in [0.15, 0.2) is 152 Å². The zero-order valence-electron chi connectivity index (χ0n) is 26.6. The second-order valence-corrected chi connectivity index (χ2v) is 11.9. The van der Waals surface area contributed by atoms with Gasteiger partial charge < -0.3 is 19.9 Å². The molecule has 0 bridgehead atoms. The van der Waals surface area contributed by atoms with Crippen LogP contribution in [-0.4, -0.2) is 41.2 Å². The van der Waals surface area contributed by atoms with Crippen molar-refractivity contribution in [3.63, 3.8) is 0 Å². The number of imidazole rings is 1. The molecule has 0 fully saturated rings. The number of amides is 2. The molecule has 7 heteroatoms. The lowest BCUT2D eigenvalue weighted by atomic mass is 9.77. The number of hydrogen-bond donors (Lipinski definition) is 2. The van der Waals surface area contributed by atoms with Gasteiger partial charge in [0.05, 0.1) is 12.0 Å². The molecule has 1 aromatic heterocycles. The highest BCUT2D eigenvalue weighted by atomic mass is 16.5. The molecule has 2 amide bonds. The minimum Gasteiger partial charge on any atom is -0.449 e. The number of nitrogens with one attached hydrogen (secondary N) is 2. The molecule has 48 heavy (non-hydrogen) atoms. The van der Waals surface area contributed by atoms with Crippen LogP contribution in [0.2, 0.25) is 0 Å². The molecule has 1 atom stereocenters. The molecule has 1 heterocycles. The Hall–Kier alpha value is -5.95. The molecule has 1 aliphatic carbocycles. The second kappa shape index (κ2) is 13.4. The van der Waals surface area contributed by atoms with Crippen molar-refractivity contribution in [1.82, 2.24) is 20.2 Å². The Bertz CT molecular complexity index is 1880. The number of carbonyl (C=O) groups excluding carboxylic acids is 2. The number of hydrogen-bond acceptors (Lipinski definition) is 4. The van der Waals surface area contributed by atoms with Gasteiger partial charge in [0.15, 0.2) is 0 Å². The number of ether oxygens (including phenoxy) is 1. The lowest BCUT2D eigenvalue weighted by Gasteiger charge is -2.37. The van der Waals surface area contributed by atoms with Crippen molar-refractivity contribution in [3.8, 4) is 11.1 Å². The first kappa shape index (κ1) is 30.7. The number of fused-ring (bicyclic) bond motifs is 3. The first-order chi connectivity index (χ1) is 23.6. The summed E-state index contributed by atoms with van der Waals surface area (Å²) in [6.45, 7) is 0.155. The molecule has 2 N–H and O–H groups in total. The molecule has 6 aromatic rings. The van der Waals surface area contributed by atoms with E-state index in [0.717, 1.165) is 38.9 Å². The van der Waals surface area contributed by atoms with E-state index >= 15 is 0 Å². The van der Waals surface area contributed by atoms with Crippen LogP contribution in [0.3, 0.4) is 0 Å². The first-order valence-corrected chi connectivity index (χ1v) is 16.1. The first-order valence-electron chi connectivity index (χ1n) is 16.1. The summed E-state index contributed by atoms with van der Waals surface area (Å²) >= 11 is 0. The Balaban J connectivity index is 1.15. The van der Waals surface area contributed by atoms with Crippen molar-refractivity contribution in [2.45, 2.75) is 23.9 Å². The second-order valence-electron chi connectivity index (χ2n) is 11.9. The van der Waals surface area contributed by atoms with Gasteiger partial charge in [-0.15, -0.1) is 0 Å². The van der Waals surface area contributed by atoms with Crippen molar-refractivity contribution in [3.05, 3.63) is 186 Å². The molecule has 238 valence electrons. The number of alkyl carbamates (subject to hydrolysis) is 1. The molecule has 0 aliphatic heterocycles. The van der Waals surface area contributed by atoms with Gasteiger partial charge in [0.25, 0.3) is 0 Å². The van der Waals surface area contributed by atoms with Crippen LogP contribution in [0.25, 0.3) is 11.1 Å². The number of benzene rings is 5. The van der Waals surface area contributed by atoms with Gasteiger partial charge in [-0.2, -0.15) is 0 Å². The minimum absolute atomic E-state index is 0.0839. The maximum Gasteiger partial charge on any atom is 0.407 e. The van der Waals surface area contributed by atoms with E-state index in [9.17, 15) is 9.59 Å². The maximum atomic E-state index is 13.2. The summed E-state index contributed by atoms with van der Waals surface area (Å²) < 4.78 is 7.87. The summed E-state index contributed by atoms with van der Waals surface area (Å²) in [5.41, 5.74) is 7.64. The van der Waals surface area contributed by atoms with E-state index in [1.54, 1.807) is 13.4 Å². The molecule has 0 saturated carbocycles. The van der Waals surface area contributed by atoms with Crippen molar-refractivity contribution < 1.29 is 14.3 Å². The van der Waals surface area contributed by atoms with Gasteiger partial charge in [0, 0.05) is 25.6 Å². The van der Waals surface area contributed by atoms with Gasteiger partial charge in [0.2, 0.25) is 5.91 Å². The largest absolute Gasteiger partial charge is 0.449 e. The zero-order valence-corrected chi connectivity index (χ0v) is 26.6. The van der Waals surface area contributed by atoms with Crippen molar-refractivity contribution in [2.24, 2.45) is 0 Å². The van der Waals surface area contributed by atoms with Gasteiger partial charge in [-0.1, -0.05) is 140 Å². The predicted molar refractivity (Wildman–Crippen MR) is 187 cm³/mol. The Morgan fingerprint density at radius 2 is 1.21 bits per heavy atom. The fourth-order valence-electron chi connectivity index (χ4n) is 7.01. The van der Waals surface area contributed by atoms with Crippen LogP contribution in [-0.2, 0) is 21.5 Å². The average Bonchev–Trinajstić information content (AvgIpc) is 3.74. The summed E-state index contributed by atoms with van der Waals surface area (Å²) in [5, 5.41) is 5.49. The van der Waals surface area contributed by atoms with E-state index in [4.69, 9.17) is 9.72 Å². The van der Waals surface area contributed by atoms with Crippen molar-refractivity contribution in [2.75, 3.05) is 13.7 Å². The fourth-order valence-corrected chi connectivity index (χ4v) is 7.01. The van der Waals surface area contributed by atoms with E-state index in [1.165, 1.54) is 0 Å². The lowest BCUT2D eigenvalue weighted by molar-refractivity contribution is -0.122. The Morgan fingerprint density at radius 3 is 1.71 bits per heavy atom. The van der Waals surface area contributed by atoms with Crippen LogP contribution in [0.1, 0.15) is 39.4 Å². The molecule has 1 aliphatic rings. The van der Waals surface area contributed by atoms with Gasteiger partial charge in [-0.05, 0) is 38.9 Å². The highest BCUT2D eigenvalue weighted by molar-refractivity contribution is 5.85. The topological polar surface area (TPSA) is 85.3 Å². The molecule has 7 nitrogen and oxygen atoms in total. The molecule has 0 unspecified atom stereocenters. The van der Waals surface area contributed by atoms with Crippen LogP contribution in [0.4, 0.5) is 4.79 Å². The van der Waals surface area contributed by atoms with Gasteiger partial charge in [-0.25, -0.2) is 9.78 Å². The van der Waals surface area contributed by atoms with E-state index in [2.05, 4.69) is 75.9 Å². The minimum atomic E-state index is -0.895. The quantitative estimate of drug-likeness (QED) is 0.161. The predicted octanol–water partition coefficient (Wildman–Crippen LogP) is 6.92. The molecular formula is C41H36N4O3. The molecular weight excluding hydrogens is 596 g/mol. The zero-order chi connectivity index (χ0) is 32.9. The number of rotatable bonds is 10. The highest BCUT2D eigenvalue weighted by Gasteiger charge is 2.38. The van der Waals surface area contributed by atoms with E-state index < -0.39 is 17.7 Å². The normalized spacial score (nSPS) is 12.9. The fraction of sp³-hybridized carbons (Fsp3) is 0.146. The Morgan fingerprint density at radius 1 is 0.729 bits per heavy atom. The third kappa shape index (κ3) is 5.64. The molecule has 5 aromatic carbocycles. The van der Waals surface area contributed by atoms with Gasteiger partial charge in [-0.3, -0.25) is 4.79 Å². The molecule has 7 rings (SSSR count). The summed E-state index contributed by atoms with van der Waals surface area (Å²) in [7, 11) is 1.55. The highest BCUT2D eigenvalue weighted by Crippen LogP contribution is 2.44. The summed E-state index contributed by atoms with van der Waals surface area (Å²) in [6, 6.07) is 46.4. The summed E-state index contributed by atoms with van der Waals surface area (Å²) in [6.07, 6.45) is 3.28. The SMILES string of the molecule is CNC(=O)[C@H](Cc1cn(C(c2ccccc2)(c2ccccc2)c2ccccc2)cn1)NC(=O)OCC1c2ccccc2-c2ccccc21. The van der Waals surface area contributed by atoms with Gasteiger partial charge >= 0.3 is 6.09 Å². The van der Waals surface area contributed by atoms with Crippen molar-refractivity contribution in [1.29, 1.82) is 0 Å². The van der Waals surface area contributed by atoms with Crippen LogP contribution < -0.4 is 10.6 Å². The molecule has 0 radical (unpaired) electrons. The van der Waals surface area contributed by atoms with E-state index in [1.807, 2.05) is 85.1 Å². The van der Waals surface area contributed by atoms with E-state index in [-0.39, 0.29) is 24.9 Å². The van der Waals surface area contributed by atoms with E-state index in [0.29, 0.717) is 5.69 Å². The number of nitrogens with zero attached hydrogens (tertiary/aromatic N) is 2. The molecule has 0 saturated heterocycles. The number of likely N-dealkylation sites (N-methyl/N-ethyl adjacent to an activating group) is 1. The standard InChI is InChI=1S/C41H36N4O3/c1-42-39(46)38(44-40(47)48-27-37-35-23-13-11-21-33(35)34-22-12-14-24-36(34)37)25-32-26-45(28-43-32)41(29-15-5-2-6-16-29,30-17-7-3-8-18-30)31-19-9-4-10-20-31/h2-24,26,28,37-38H,25,27H2,1H3,(H,42,46)(H,44,47)/t38-/m0/s1. The maximum absolute atomic E-state index is 13.2. The number of carbonyl (C=O) groups is 2. The average molecular weight is 633 g/mol. The van der Waals surface area contributed by atoms with Crippen LogP contribution in [0, 0.1) is 0 Å². The smallest absolute Gasteiger partial charge is 0.407 e. The summed E-state index contributed by atoms with van der Waals surface area (Å²) in [4.78, 5) is 31.1. The van der Waals surface area contributed by atoms with Crippen LogP contribution in [0.5, 0.6) is 0 Å². The van der Waals surface area contributed by atoms with Crippen LogP contribution >= 0.6 is 0 Å². The Kier molecular flexibility index (Phi) is 8.58. The van der Waals surface area contributed by atoms with Gasteiger partial charge in [0.1, 0.15) is 18.2 Å². The third-order valence-electron chi connectivity index (χ3n) is 9.21. The Labute approximate surface area is 280 Å². The lowest BCUT2D eigenvalue weighted by Crippen LogP contribution is -2.47. The third-order valence-corrected chi connectivity index (χ3v) is 9.21. The monoisotopic (exact) mass is 632 g/mol.